The Morgan fingerprint density at radius 3 is 2.14 bits per heavy atom. The molecule has 0 heterocycles. The predicted octanol–water partition coefficient (Wildman–Crippen LogP) is 6.03. The maximum atomic E-state index is 3.93. The van der Waals surface area contributed by atoms with Gasteiger partial charge in [0.2, 0.25) is 0 Å². The van der Waals surface area contributed by atoms with Gasteiger partial charge >= 0.3 is 0 Å². The van der Waals surface area contributed by atoms with Crippen LogP contribution in [0.25, 0.3) is 6.08 Å². The summed E-state index contributed by atoms with van der Waals surface area (Å²) in [4.78, 5) is 0. The molecule has 0 saturated carbocycles. The molecule has 0 unspecified atom stereocenters. The van der Waals surface area contributed by atoms with Gasteiger partial charge in [-0.2, -0.15) is 0 Å². The zero-order valence-electron chi connectivity index (χ0n) is 14.7. The van der Waals surface area contributed by atoms with E-state index in [1.807, 2.05) is 6.08 Å². The molecule has 0 bridgehead atoms. The van der Waals surface area contributed by atoms with Crippen molar-refractivity contribution in [3.8, 4) is 0 Å². The topological polar surface area (TPSA) is 0 Å². The highest BCUT2D eigenvalue weighted by atomic mass is 14.2. The third kappa shape index (κ3) is 4.10. The Labute approximate surface area is 135 Å². The summed E-state index contributed by atoms with van der Waals surface area (Å²) in [7, 11) is 0. The predicted molar refractivity (Wildman–Crippen MR) is 98.6 cm³/mol. The summed E-state index contributed by atoms with van der Waals surface area (Å²) in [6.45, 7) is 15.1. The first-order valence-corrected chi connectivity index (χ1v) is 8.12. The number of hydrogen-bond donors (Lipinski definition) is 0. The highest BCUT2D eigenvalue weighted by Gasteiger charge is 2.14. The monoisotopic (exact) mass is 292 g/mol. The molecule has 22 heavy (non-hydrogen) atoms. The zero-order chi connectivity index (χ0) is 16.3. The van der Waals surface area contributed by atoms with Crippen molar-refractivity contribution in [1.82, 2.24) is 0 Å². The largest absolute Gasteiger partial charge is 0.0985 e. The molecule has 2 rings (SSSR count). The van der Waals surface area contributed by atoms with E-state index in [0.717, 1.165) is 12.8 Å². The Bertz CT molecular complexity index is 669. The molecule has 0 N–H and O–H groups in total. The Morgan fingerprint density at radius 1 is 0.864 bits per heavy atom. The lowest BCUT2D eigenvalue weighted by Gasteiger charge is -2.21. The van der Waals surface area contributed by atoms with Crippen LogP contribution >= 0.6 is 0 Å². The number of aryl methyl sites for hydroxylation is 4. The van der Waals surface area contributed by atoms with Crippen molar-refractivity contribution in [1.29, 1.82) is 0 Å². The summed E-state index contributed by atoms with van der Waals surface area (Å²) in [5.41, 5.74) is 8.36. The maximum absolute atomic E-state index is 3.93. The van der Waals surface area contributed by atoms with Gasteiger partial charge in [0.1, 0.15) is 0 Å². The molecular weight excluding hydrogens is 264 g/mol. The summed E-state index contributed by atoms with van der Waals surface area (Å²) in [6, 6.07) is 13.7. The standard InChI is InChI=1S/C22H28/c1-7-18-13-20(15-21(14-18)22(4,5)6)11-10-19-9-8-16(2)17(3)12-19/h7-9,12-15H,1,10-11H2,2-6H3. The lowest BCUT2D eigenvalue weighted by atomic mass is 9.84. The van der Waals surface area contributed by atoms with E-state index in [9.17, 15) is 0 Å². The van der Waals surface area contributed by atoms with Gasteiger partial charge in [0, 0.05) is 0 Å². The van der Waals surface area contributed by atoms with Crippen LogP contribution in [0.5, 0.6) is 0 Å². The van der Waals surface area contributed by atoms with Gasteiger partial charge in [0.25, 0.3) is 0 Å². The third-order valence-corrected chi connectivity index (χ3v) is 4.39. The Hall–Kier alpha value is -1.82. The van der Waals surface area contributed by atoms with Crippen molar-refractivity contribution in [2.75, 3.05) is 0 Å². The van der Waals surface area contributed by atoms with Gasteiger partial charge in [-0.05, 0) is 65.5 Å². The van der Waals surface area contributed by atoms with Crippen LogP contribution in [0.4, 0.5) is 0 Å². The van der Waals surface area contributed by atoms with Crippen LogP contribution in [0.2, 0.25) is 0 Å². The zero-order valence-corrected chi connectivity index (χ0v) is 14.7. The van der Waals surface area contributed by atoms with E-state index in [0.29, 0.717) is 0 Å². The summed E-state index contributed by atoms with van der Waals surface area (Å²) in [6.07, 6.45) is 4.12. The number of hydrogen-bond acceptors (Lipinski definition) is 0. The molecule has 0 heteroatoms. The fraction of sp³-hybridized carbons (Fsp3) is 0.364. The fourth-order valence-electron chi connectivity index (χ4n) is 2.66. The molecule has 2 aromatic rings. The highest BCUT2D eigenvalue weighted by Crippen LogP contribution is 2.25. The molecule has 0 amide bonds. The smallest absolute Gasteiger partial charge is 0.0132 e. The van der Waals surface area contributed by atoms with Crippen LogP contribution in [-0.2, 0) is 18.3 Å². The van der Waals surface area contributed by atoms with Crippen molar-refractivity contribution in [3.63, 3.8) is 0 Å². The molecule has 0 spiro atoms. The minimum Gasteiger partial charge on any atom is -0.0985 e. The van der Waals surface area contributed by atoms with Crippen molar-refractivity contribution >= 4 is 6.08 Å². The molecular formula is C22H28. The van der Waals surface area contributed by atoms with Gasteiger partial charge in [-0.15, -0.1) is 0 Å². The molecule has 0 aliphatic carbocycles. The number of benzene rings is 2. The van der Waals surface area contributed by atoms with Gasteiger partial charge < -0.3 is 0 Å². The van der Waals surface area contributed by atoms with E-state index in [4.69, 9.17) is 0 Å². The Kier molecular flexibility index (Phi) is 4.90. The molecule has 0 fully saturated rings. The minimum absolute atomic E-state index is 0.175. The third-order valence-electron chi connectivity index (χ3n) is 4.39. The molecule has 0 radical (unpaired) electrons. The fourth-order valence-corrected chi connectivity index (χ4v) is 2.66. The summed E-state index contributed by atoms with van der Waals surface area (Å²) in [5, 5.41) is 0. The van der Waals surface area contributed by atoms with Crippen molar-refractivity contribution in [2.24, 2.45) is 0 Å². The molecule has 116 valence electrons. The Balaban J connectivity index is 2.21. The summed E-state index contributed by atoms with van der Waals surface area (Å²) < 4.78 is 0. The van der Waals surface area contributed by atoms with Gasteiger partial charge in [0.05, 0.1) is 0 Å². The lowest BCUT2D eigenvalue weighted by molar-refractivity contribution is 0.589. The van der Waals surface area contributed by atoms with E-state index < -0.39 is 0 Å². The highest BCUT2D eigenvalue weighted by molar-refractivity contribution is 5.51. The van der Waals surface area contributed by atoms with Crippen molar-refractivity contribution in [3.05, 3.63) is 76.4 Å². The quantitative estimate of drug-likeness (QED) is 0.645. The van der Waals surface area contributed by atoms with Crippen molar-refractivity contribution < 1.29 is 0 Å². The van der Waals surface area contributed by atoms with Crippen LogP contribution in [0.1, 0.15) is 54.2 Å². The van der Waals surface area contributed by atoms with E-state index in [-0.39, 0.29) is 5.41 Å². The second kappa shape index (κ2) is 6.52. The molecule has 0 saturated heterocycles. The second-order valence-electron chi connectivity index (χ2n) is 7.34. The average molecular weight is 292 g/mol. The van der Waals surface area contributed by atoms with Gasteiger partial charge in [-0.25, -0.2) is 0 Å². The number of rotatable bonds is 4. The van der Waals surface area contributed by atoms with Crippen LogP contribution in [0.3, 0.4) is 0 Å². The van der Waals surface area contributed by atoms with Gasteiger partial charge in [0.15, 0.2) is 0 Å². The first-order valence-electron chi connectivity index (χ1n) is 8.12. The normalized spacial score (nSPS) is 11.5. The first-order chi connectivity index (χ1) is 10.3. The van der Waals surface area contributed by atoms with Crippen LogP contribution in [-0.4, -0.2) is 0 Å². The molecule has 0 aliphatic rings. The summed E-state index contributed by atoms with van der Waals surface area (Å²) in [5.74, 6) is 0. The SMILES string of the molecule is C=Cc1cc(CCc2ccc(C)c(C)c2)cc(C(C)(C)C)c1. The van der Waals surface area contributed by atoms with Gasteiger partial charge in [-0.1, -0.05) is 69.8 Å². The van der Waals surface area contributed by atoms with E-state index in [2.05, 4.69) is 77.6 Å². The van der Waals surface area contributed by atoms with Gasteiger partial charge in [-0.3, -0.25) is 0 Å². The van der Waals surface area contributed by atoms with Crippen LogP contribution in [0.15, 0.2) is 43.0 Å². The first kappa shape index (κ1) is 16.5. The molecule has 0 nitrogen and oxygen atoms in total. The maximum Gasteiger partial charge on any atom is -0.0132 e. The molecule has 2 aromatic carbocycles. The van der Waals surface area contributed by atoms with E-state index in [1.54, 1.807) is 0 Å². The minimum atomic E-state index is 0.175. The second-order valence-corrected chi connectivity index (χ2v) is 7.34. The van der Waals surface area contributed by atoms with Crippen LogP contribution < -0.4 is 0 Å². The van der Waals surface area contributed by atoms with Crippen molar-refractivity contribution in [2.45, 2.75) is 52.9 Å². The summed E-state index contributed by atoms with van der Waals surface area (Å²) >= 11 is 0. The van der Waals surface area contributed by atoms with E-state index in [1.165, 1.54) is 33.4 Å². The molecule has 0 atom stereocenters. The average Bonchev–Trinajstić information content (AvgIpc) is 2.47. The van der Waals surface area contributed by atoms with Crippen LogP contribution in [0, 0.1) is 13.8 Å². The Morgan fingerprint density at radius 2 is 1.55 bits per heavy atom. The molecule has 0 aliphatic heterocycles. The molecule has 0 aromatic heterocycles. The lowest BCUT2D eigenvalue weighted by Crippen LogP contribution is -2.12. The van der Waals surface area contributed by atoms with E-state index >= 15 is 0 Å².